The van der Waals surface area contributed by atoms with Gasteiger partial charge in [-0.15, -0.1) is 0 Å². The first-order valence-corrected chi connectivity index (χ1v) is 6.57. The summed E-state index contributed by atoms with van der Waals surface area (Å²) in [5.41, 5.74) is 0.334. The van der Waals surface area contributed by atoms with Crippen molar-refractivity contribution in [2.75, 3.05) is 6.61 Å². The monoisotopic (exact) mass is 314 g/mol. The molecule has 0 aromatic heterocycles. The molecule has 0 fully saturated rings. The fourth-order valence-electron chi connectivity index (χ4n) is 1.49. The van der Waals surface area contributed by atoms with Crippen LogP contribution in [0, 0.1) is 0 Å². The number of ketones is 1. The van der Waals surface area contributed by atoms with E-state index in [0.717, 1.165) is 0 Å². The molecule has 19 heavy (non-hydrogen) atoms. The normalized spacial score (nSPS) is 10.3. The van der Waals surface area contributed by atoms with Gasteiger partial charge in [0.15, 0.2) is 6.61 Å². The number of hydrogen-bond acceptors (Lipinski definition) is 2. The molecule has 0 bridgehead atoms. The van der Waals surface area contributed by atoms with E-state index in [1.54, 1.807) is 36.4 Å². The molecule has 0 atom stereocenters. The highest BCUT2D eigenvalue weighted by Gasteiger charge is 2.12. The van der Waals surface area contributed by atoms with Crippen molar-refractivity contribution in [1.82, 2.24) is 0 Å². The van der Waals surface area contributed by atoms with Gasteiger partial charge in [0.1, 0.15) is 5.75 Å². The first kappa shape index (κ1) is 14.2. The Labute approximate surface area is 125 Å². The lowest BCUT2D eigenvalue weighted by Crippen LogP contribution is -2.12. The Hall–Kier alpha value is -1.22. The third-order valence-electron chi connectivity index (χ3n) is 2.42. The first-order valence-electron chi connectivity index (χ1n) is 5.43. The Balaban J connectivity index is 2.10. The van der Waals surface area contributed by atoms with Crippen LogP contribution in [0.2, 0.25) is 15.1 Å². The molecule has 0 unspecified atom stereocenters. The van der Waals surface area contributed by atoms with Gasteiger partial charge in [0, 0.05) is 10.6 Å². The smallest absolute Gasteiger partial charge is 0.201 e. The molecule has 0 spiro atoms. The largest absolute Gasteiger partial charge is 0.484 e. The van der Waals surface area contributed by atoms with Crippen molar-refractivity contribution in [2.24, 2.45) is 0 Å². The second-order valence-electron chi connectivity index (χ2n) is 3.77. The summed E-state index contributed by atoms with van der Waals surface area (Å²) >= 11 is 17.7. The standard InChI is InChI=1S/C14H9Cl3O2/c15-9-5-6-11(16)10(7-9)13(18)8-19-14-4-2-1-3-12(14)17/h1-7H,8H2. The van der Waals surface area contributed by atoms with Gasteiger partial charge >= 0.3 is 0 Å². The van der Waals surface area contributed by atoms with Crippen molar-refractivity contribution < 1.29 is 9.53 Å². The van der Waals surface area contributed by atoms with Crippen molar-refractivity contribution in [3.05, 3.63) is 63.1 Å². The van der Waals surface area contributed by atoms with Crippen LogP contribution in [0.5, 0.6) is 5.75 Å². The highest BCUT2D eigenvalue weighted by Crippen LogP contribution is 2.24. The summed E-state index contributed by atoms with van der Waals surface area (Å²) in [7, 11) is 0. The van der Waals surface area contributed by atoms with Crippen LogP contribution in [-0.4, -0.2) is 12.4 Å². The zero-order valence-corrected chi connectivity index (χ0v) is 12.0. The van der Waals surface area contributed by atoms with Crippen LogP contribution >= 0.6 is 34.8 Å². The van der Waals surface area contributed by atoms with Gasteiger partial charge in [0.2, 0.25) is 5.78 Å². The van der Waals surface area contributed by atoms with E-state index in [9.17, 15) is 4.79 Å². The van der Waals surface area contributed by atoms with E-state index >= 15 is 0 Å². The van der Waals surface area contributed by atoms with Crippen molar-refractivity contribution in [1.29, 1.82) is 0 Å². The number of rotatable bonds is 4. The minimum absolute atomic E-state index is 0.149. The highest BCUT2D eigenvalue weighted by atomic mass is 35.5. The fourth-order valence-corrected chi connectivity index (χ4v) is 2.08. The summed E-state index contributed by atoms with van der Waals surface area (Å²) in [5.74, 6) is 0.197. The number of Topliss-reactive ketones (excluding diaryl/α,β-unsaturated/α-hetero) is 1. The van der Waals surface area contributed by atoms with Crippen LogP contribution in [0.3, 0.4) is 0 Å². The van der Waals surface area contributed by atoms with E-state index in [1.165, 1.54) is 6.07 Å². The van der Waals surface area contributed by atoms with Crippen molar-refractivity contribution in [2.45, 2.75) is 0 Å². The van der Waals surface area contributed by atoms with Crippen LogP contribution in [0.4, 0.5) is 0 Å². The maximum Gasteiger partial charge on any atom is 0.201 e. The van der Waals surface area contributed by atoms with Gasteiger partial charge in [-0.25, -0.2) is 0 Å². The van der Waals surface area contributed by atoms with Crippen molar-refractivity contribution in [3.63, 3.8) is 0 Å². The molecule has 0 amide bonds. The second kappa shape index (κ2) is 6.29. The minimum Gasteiger partial charge on any atom is -0.484 e. The van der Waals surface area contributed by atoms with Crippen LogP contribution in [0.1, 0.15) is 10.4 Å². The number of halogens is 3. The molecule has 2 aromatic rings. The molecule has 0 radical (unpaired) electrons. The molecular weight excluding hydrogens is 307 g/mol. The summed E-state index contributed by atoms with van der Waals surface area (Å²) in [5, 5.41) is 1.25. The fraction of sp³-hybridized carbons (Fsp3) is 0.0714. The molecule has 0 aliphatic heterocycles. The average Bonchev–Trinajstić information content (AvgIpc) is 2.40. The number of hydrogen-bond donors (Lipinski definition) is 0. The molecular formula is C14H9Cl3O2. The third-order valence-corrected chi connectivity index (χ3v) is 3.30. The quantitative estimate of drug-likeness (QED) is 0.749. The molecule has 5 heteroatoms. The molecule has 2 rings (SSSR count). The lowest BCUT2D eigenvalue weighted by atomic mass is 10.1. The number of benzene rings is 2. The third kappa shape index (κ3) is 3.63. The second-order valence-corrected chi connectivity index (χ2v) is 5.02. The van der Waals surface area contributed by atoms with Gasteiger partial charge in [0.05, 0.1) is 10.0 Å². The van der Waals surface area contributed by atoms with Crippen LogP contribution in [-0.2, 0) is 0 Å². The zero-order chi connectivity index (χ0) is 13.8. The molecule has 0 aliphatic carbocycles. The molecule has 2 aromatic carbocycles. The van der Waals surface area contributed by atoms with E-state index in [0.29, 0.717) is 26.4 Å². The van der Waals surface area contributed by atoms with Crippen LogP contribution in [0.25, 0.3) is 0 Å². The summed E-state index contributed by atoms with van der Waals surface area (Å²) < 4.78 is 5.36. The summed E-state index contributed by atoms with van der Waals surface area (Å²) in [6, 6.07) is 11.6. The summed E-state index contributed by atoms with van der Waals surface area (Å²) in [6.45, 7) is -0.149. The van der Waals surface area contributed by atoms with Crippen LogP contribution < -0.4 is 4.74 Å². The predicted molar refractivity (Wildman–Crippen MR) is 77.7 cm³/mol. The molecule has 0 saturated carbocycles. The highest BCUT2D eigenvalue weighted by molar-refractivity contribution is 6.36. The lowest BCUT2D eigenvalue weighted by molar-refractivity contribution is 0.0922. The van der Waals surface area contributed by atoms with E-state index in [4.69, 9.17) is 39.5 Å². The van der Waals surface area contributed by atoms with Gasteiger partial charge in [-0.1, -0.05) is 46.9 Å². The Kier molecular flexibility index (Phi) is 4.70. The Morgan fingerprint density at radius 3 is 2.47 bits per heavy atom. The molecule has 0 saturated heterocycles. The maximum absolute atomic E-state index is 12.0. The topological polar surface area (TPSA) is 26.3 Å². The molecule has 0 aliphatic rings. The van der Waals surface area contributed by atoms with Gasteiger partial charge < -0.3 is 4.74 Å². The Bertz CT molecular complexity index is 611. The number of carbonyl (C=O) groups is 1. The zero-order valence-electron chi connectivity index (χ0n) is 9.70. The number of ether oxygens (including phenoxy) is 1. The predicted octanol–water partition coefficient (Wildman–Crippen LogP) is 4.91. The van der Waals surface area contributed by atoms with E-state index in [1.807, 2.05) is 0 Å². The van der Waals surface area contributed by atoms with Gasteiger partial charge in [-0.2, -0.15) is 0 Å². The lowest BCUT2D eigenvalue weighted by Gasteiger charge is -2.08. The molecule has 0 N–H and O–H groups in total. The SMILES string of the molecule is O=C(COc1ccccc1Cl)c1cc(Cl)ccc1Cl. The summed E-state index contributed by atoms with van der Waals surface area (Å²) in [4.78, 5) is 12.0. The average molecular weight is 316 g/mol. The Morgan fingerprint density at radius 2 is 1.74 bits per heavy atom. The van der Waals surface area contributed by atoms with Crippen molar-refractivity contribution >= 4 is 40.6 Å². The molecule has 2 nitrogen and oxygen atoms in total. The maximum atomic E-state index is 12.0. The van der Waals surface area contributed by atoms with Gasteiger partial charge in [0.25, 0.3) is 0 Å². The van der Waals surface area contributed by atoms with Crippen molar-refractivity contribution in [3.8, 4) is 5.75 Å². The Morgan fingerprint density at radius 1 is 1.00 bits per heavy atom. The van der Waals surface area contributed by atoms with Gasteiger partial charge in [-0.05, 0) is 30.3 Å². The van der Waals surface area contributed by atoms with Gasteiger partial charge in [-0.3, -0.25) is 4.79 Å². The minimum atomic E-state index is -0.257. The molecule has 0 heterocycles. The van der Waals surface area contributed by atoms with E-state index < -0.39 is 0 Å². The van der Waals surface area contributed by atoms with E-state index in [-0.39, 0.29) is 12.4 Å². The van der Waals surface area contributed by atoms with E-state index in [2.05, 4.69) is 0 Å². The number of carbonyl (C=O) groups excluding carboxylic acids is 1. The number of para-hydroxylation sites is 1. The molecule has 98 valence electrons. The van der Waals surface area contributed by atoms with Crippen LogP contribution in [0.15, 0.2) is 42.5 Å². The summed E-state index contributed by atoms with van der Waals surface area (Å²) in [6.07, 6.45) is 0. The first-order chi connectivity index (χ1) is 9.08.